The second-order valence-corrected chi connectivity index (χ2v) is 10.4. The first-order chi connectivity index (χ1) is 16.5. The molecule has 3 aliphatic rings. The van der Waals surface area contributed by atoms with Gasteiger partial charge in [0.15, 0.2) is 5.65 Å². The predicted octanol–water partition coefficient (Wildman–Crippen LogP) is 4.23. The number of aryl methyl sites for hydroxylation is 1. The Morgan fingerprint density at radius 2 is 1.91 bits per heavy atom. The highest BCUT2D eigenvalue weighted by Crippen LogP contribution is 2.38. The van der Waals surface area contributed by atoms with Crippen LogP contribution >= 0.6 is 11.6 Å². The van der Waals surface area contributed by atoms with Crippen LogP contribution in [0.15, 0.2) is 30.9 Å². The van der Waals surface area contributed by atoms with Gasteiger partial charge in [0.05, 0.1) is 28.8 Å². The van der Waals surface area contributed by atoms with E-state index in [9.17, 15) is 4.79 Å². The van der Waals surface area contributed by atoms with Crippen LogP contribution in [-0.2, 0) is 0 Å². The van der Waals surface area contributed by atoms with Gasteiger partial charge in [-0.15, -0.1) is 0 Å². The molecule has 3 aromatic heterocycles. The van der Waals surface area contributed by atoms with E-state index in [0.717, 1.165) is 24.5 Å². The zero-order chi connectivity index (χ0) is 23.2. The van der Waals surface area contributed by atoms with Crippen molar-refractivity contribution in [2.24, 2.45) is 5.92 Å². The van der Waals surface area contributed by atoms with Crippen molar-refractivity contribution in [3.63, 3.8) is 0 Å². The Bertz CT molecular complexity index is 1200. The highest BCUT2D eigenvalue weighted by atomic mass is 35.5. The minimum absolute atomic E-state index is 0.283. The molecule has 1 amide bonds. The fourth-order valence-corrected chi connectivity index (χ4v) is 5.99. The van der Waals surface area contributed by atoms with Crippen molar-refractivity contribution in [3.05, 3.63) is 47.3 Å². The van der Waals surface area contributed by atoms with Crippen LogP contribution in [0.5, 0.6) is 0 Å². The fourth-order valence-electron chi connectivity index (χ4n) is 5.73. The van der Waals surface area contributed by atoms with Crippen LogP contribution in [0.2, 0.25) is 5.02 Å². The van der Waals surface area contributed by atoms with Gasteiger partial charge >= 0.3 is 0 Å². The molecule has 3 fully saturated rings. The smallest absolute Gasteiger partial charge is 0.275 e. The Balaban J connectivity index is 1.18. The third-order valence-electron chi connectivity index (χ3n) is 7.41. The number of carbonyl (C=O) groups is 1. The molecule has 2 saturated carbocycles. The molecule has 34 heavy (non-hydrogen) atoms. The molecular weight excluding hydrogens is 450 g/mol. The van der Waals surface area contributed by atoms with Crippen molar-refractivity contribution in [1.82, 2.24) is 24.7 Å². The number of halogens is 1. The van der Waals surface area contributed by atoms with E-state index in [1.165, 1.54) is 38.5 Å². The van der Waals surface area contributed by atoms with E-state index in [0.29, 0.717) is 40.4 Å². The van der Waals surface area contributed by atoms with Crippen molar-refractivity contribution in [3.8, 4) is 0 Å². The Morgan fingerprint density at radius 3 is 2.65 bits per heavy atom. The summed E-state index contributed by atoms with van der Waals surface area (Å²) in [6.07, 6.45) is 16.0. The fraction of sp³-hybridized carbons (Fsp3) is 0.520. The van der Waals surface area contributed by atoms with Gasteiger partial charge in [0.2, 0.25) is 0 Å². The number of hydrogen-bond donors (Lipinski definition) is 2. The number of fused-ring (bicyclic) bond motifs is 1. The predicted molar refractivity (Wildman–Crippen MR) is 133 cm³/mol. The van der Waals surface area contributed by atoms with Crippen LogP contribution in [0.3, 0.4) is 0 Å². The van der Waals surface area contributed by atoms with Crippen molar-refractivity contribution in [2.45, 2.75) is 70.0 Å². The van der Waals surface area contributed by atoms with E-state index in [4.69, 9.17) is 11.6 Å². The lowest BCUT2D eigenvalue weighted by atomic mass is 9.92. The number of carbonyl (C=O) groups excluding carboxylic acids is 1. The molecule has 1 saturated heterocycles. The number of nitrogens with zero attached hydrogens (tertiary/aromatic N) is 5. The summed E-state index contributed by atoms with van der Waals surface area (Å²) in [4.78, 5) is 28.8. The van der Waals surface area contributed by atoms with Crippen molar-refractivity contribution < 1.29 is 4.79 Å². The standard InChI is InChI=1S/C25H30ClN7O/c1-15-13-32-14-18(10-19(26)24(32)29-15)31-25(34)21-11-28-22(12-27-21)33-9-8-20(30-17-6-7-17)23(33)16-4-2-3-5-16/h10-14,16-17,20,23,30H,2-9H2,1H3,(H,31,34)/t20-,23?/m1/s1. The molecule has 1 unspecified atom stereocenters. The maximum Gasteiger partial charge on any atom is 0.275 e. The van der Waals surface area contributed by atoms with Crippen LogP contribution in [0.1, 0.15) is 61.1 Å². The number of amides is 1. The summed E-state index contributed by atoms with van der Waals surface area (Å²) in [6, 6.07) is 3.38. The van der Waals surface area contributed by atoms with Crippen molar-refractivity contribution >= 4 is 34.7 Å². The molecule has 0 bridgehead atoms. The van der Waals surface area contributed by atoms with E-state index in [1.807, 2.05) is 17.5 Å². The Kier molecular flexibility index (Phi) is 5.65. The summed E-state index contributed by atoms with van der Waals surface area (Å²) in [5.74, 6) is 1.26. The Hall–Kier alpha value is -2.71. The molecule has 2 atom stereocenters. The second kappa shape index (κ2) is 8.82. The Morgan fingerprint density at radius 1 is 1.09 bits per heavy atom. The van der Waals surface area contributed by atoms with E-state index in [1.54, 1.807) is 24.7 Å². The van der Waals surface area contributed by atoms with Crippen molar-refractivity contribution in [2.75, 3.05) is 16.8 Å². The summed E-state index contributed by atoms with van der Waals surface area (Å²) in [7, 11) is 0. The molecule has 1 aliphatic heterocycles. The molecule has 2 N–H and O–H groups in total. The van der Waals surface area contributed by atoms with E-state index >= 15 is 0 Å². The number of pyridine rings is 1. The molecule has 3 aromatic rings. The van der Waals surface area contributed by atoms with Gasteiger partial charge in [0, 0.05) is 37.1 Å². The Labute approximate surface area is 204 Å². The zero-order valence-corrected chi connectivity index (χ0v) is 20.1. The van der Waals surface area contributed by atoms with E-state index in [2.05, 4.69) is 30.5 Å². The average molecular weight is 480 g/mol. The number of imidazole rings is 1. The number of rotatable bonds is 6. The number of aromatic nitrogens is 4. The molecule has 0 spiro atoms. The monoisotopic (exact) mass is 479 g/mol. The summed E-state index contributed by atoms with van der Waals surface area (Å²) < 4.78 is 1.81. The number of anilines is 2. The summed E-state index contributed by atoms with van der Waals surface area (Å²) in [5.41, 5.74) is 2.39. The maximum atomic E-state index is 12.8. The third kappa shape index (κ3) is 4.25. The highest BCUT2D eigenvalue weighted by Gasteiger charge is 2.42. The lowest BCUT2D eigenvalue weighted by Crippen LogP contribution is -2.47. The maximum absolute atomic E-state index is 12.8. The van der Waals surface area contributed by atoms with Crippen molar-refractivity contribution in [1.29, 1.82) is 0 Å². The molecule has 9 heteroatoms. The average Bonchev–Trinajstić information content (AvgIpc) is 3.18. The van der Waals surface area contributed by atoms with Gasteiger partial charge in [-0.05, 0) is 51.0 Å². The zero-order valence-electron chi connectivity index (χ0n) is 19.4. The lowest BCUT2D eigenvalue weighted by molar-refractivity contribution is 0.102. The second-order valence-electron chi connectivity index (χ2n) is 9.97. The summed E-state index contributed by atoms with van der Waals surface area (Å²) in [5, 5.41) is 7.24. The number of nitrogens with one attached hydrogen (secondary N) is 2. The summed E-state index contributed by atoms with van der Waals surface area (Å²) in [6.45, 7) is 2.88. The van der Waals surface area contributed by atoms with Gasteiger partial charge in [-0.2, -0.15) is 0 Å². The topological polar surface area (TPSA) is 87.5 Å². The molecular formula is C25H30ClN7O. The molecule has 178 valence electrons. The first kappa shape index (κ1) is 21.8. The molecule has 6 rings (SSSR count). The number of hydrogen-bond acceptors (Lipinski definition) is 6. The quantitative estimate of drug-likeness (QED) is 0.550. The van der Waals surface area contributed by atoms with Gasteiger partial charge in [0.1, 0.15) is 11.5 Å². The van der Waals surface area contributed by atoms with E-state index in [-0.39, 0.29) is 11.6 Å². The largest absolute Gasteiger partial charge is 0.350 e. The van der Waals surface area contributed by atoms with Gasteiger partial charge in [-0.3, -0.25) is 4.79 Å². The molecule has 0 aromatic carbocycles. The lowest BCUT2D eigenvalue weighted by Gasteiger charge is -2.34. The van der Waals surface area contributed by atoms with Gasteiger partial charge in [-0.1, -0.05) is 24.4 Å². The molecule has 0 radical (unpaired) electrons. The highest BCUT2D eigenvalue weighted by molar-refractivity contribution is 6.33. The minimum atomic E-state index is -0.312. The third-order valence-corrected chi connectivity index (χ3v) is 7.69. The molecule has 8 nitrogen and oxygen atoms in total. The van der Waals surface area contributed by atoms with Crippen LogP contribution in [0.25, 0.3) is 5.65 Å². The van der Waals surface area contributed by atoms with Crippen LogP contribution < -0.4 is 15.5 Å². The van der Waals surface area contributed by atoms with Crippen LogP contribution in [0, 0.1) is 12.8 Å². The van der Waals surface area contributed by atoms with Crippen LogP contribution in [-0.4, -0.2) is 49.9 Å². The van der Waals surface area contributed by atoms with Gasteiger partial charge in [0.25, 0.3) is 5.91 Å². The molecule has 2 aliphatic carbocycles. The first-order valence-electron chi connectivity index (χ1n) is 12.4. The normalized spacial score (nSPS) is 23.2. The minimum Gasteiger partial charge on any atom is -0.350 e. The van der Waals surface area contributed by atoms with E-state index < -0.39 is 0 Å². The van der Waals surface area contributed by atoms with Gasteiger partial charge < -0.3 is 19.9 Å². The molecule has 4 heterocycles. The SMILES string of the molecule is Cc1cn2cc(NC(=O)c3cnc(N4CC[C@@H](NC5CC5)C4C4CCCC4)cn3)cc(Cl)c2n1. The van der Waals surface area contributed by atoms with Crippen LogP contribution in [0.4, 0.5) is 11.5 Å². The first-order valence-corrected chi connectivity index (χ1v) is 12.7. The summed E-state index contributed by atoms with van der Waals surface area (Å²) >= 11 is 6.34. The van der Waals surface area contributed by atoms with Gasteiger partial charge in [-0.25, -0.2) is 15.0 Å².